The Kier molecular flexibility index (Phi) is 5.01. The van der Waals surface area contributed by atoms with Crippen molar-refractivity contribution in [2.75, 3.05) is 13.6 Å². The minimum absolute atomic E-state index is 0.318. The Bertz CT molecular complexity index is 466. The van der Waals surface area contributed by atoms with E-state index in [2.05, 4.69) is 24.1 Å². The molecule has 116 valence electrons. The highest BCUT2D eigenvalue weighted by Gasteiger charge is 2.41. The molecular formula is C17H27N3O. The van der Waals surface area contributed by atoms with Crippen molar-refractivity contribution < 1.29 is 4.79 Å². The lowest BCUT2D eigenvalue weighted by Crippen LogP contribution is -2.61. The van der Waals surface area contributed by atoms with E-state index in [1.54, 1.807) is 0 Å². The molecule has 2 rings (SSSR count). The lowest BCUT2D eigenvalue weighted by molar-refractivity contribution is -0.126. The van der Waals surface area contributed by atoms with E-state index in [4.69, 9.17) is 5.73 Å². The quantitative estimate of drug-likeness (QED) is 0.870. The maximum atomic E-state index is 12.3. The van der Waals surface area contributed by atoms with Gasteiger partial charge in [0.25, 0.3) is 0 Å². The van der Waals surface area contributed by atoms with Crippen LogP contribution in [0.15, 0.2) is 30.3 Å². The number of primary amides is 1. The number of likely N-dealkylation sites (N-methyl/N-ethyl adjacent to an activating group) is 1. The summed E-state index contributed by atoms with van der Waals surface area (Å²) < 4.78 is 0. The molecule has 1 amide bonds. The first kappa shape index (κ1) is 16.0. The van der Waals surface area contributed by atoms with Crippen molar-refractivity contribution in [1.82, 2.24) is 10.2 Å². The molecule has 0 radical (unpaired) electrons. The van der Waals surface area contributed by atoms with E-state index in [9.17, 15) is 4.79 Å². The predicted molar refractivity (Wildman–Crippen MR) is 85.9 cm³/mol. The molecule has 1 aromatic rings. The summed E-state index contributed by atoms with van der Waals surface area (Å²) in [5, 5.41) is 3.20. The molecule has 0 aromatic heterocycles. The van der Waals surface area contributed by atoms with Crippen molar-refractivity contribution in [3.05, 3.63) is 35.9 Å². The standard InChI is InChI=1S/C17H27N3O/c1-13-8-7-9-14(2)20(13)12-17(19-3,16(18)21)15-10-5-4-6-11-15/h4-6,10-11,13-14,19H,7-9,12H2,1-3H3,(H2,18,21)/t13-,14+,17?. The fraction of sp³-hybridized carbons (Fsp3) is 0.588. The van der Waals surface area contributed by atoms with Crippen LogP contribution in [0.4, 0.5) is 0 Å². The average molecular weight is 289 g/mol. The molecule has 0 spiro atoms. The van der Waals surface area contributed by atoms with Gasteiger partial charge in [0.1, 0.15) is 5.54 Å². The zero-order valence-corrected chi connectivity index (χ0v) is 13.3. The van der Waals surface area contributed by atoms with E-state index in [0.29, 0.717) is 18.6 Å². The Hall–Kier alpha value is -1.39. The van der Waals surface area contributed by atoms with Crippen LogP contribution in [-0.2, 0) is 10.3 Å². The van der Waals surface area contributed by atoms with Crippen molar-refractivity contribution in [3.63, 3.8) is 0 Å². The minimum atomic E-state index is -0.832. The van der Waals surface area contributed by atoms with Gasteiger partial charge in [-0.15, -0.1) is 0 Å². The van der Waals surface area contributed by atoms with Crippen molar-refractivity contribution in [1.29, 1.82) is 0 Å². The maximum absolute atomic E-state index is 12.3. The molecule has 3 atom stereocenters. The van der Waals surface area contributed by atoms with Crippen LogP contribution in [0.2, 0.25) is 0 Å². The number of nitrogens with two attached hydrogens (primary N) is 1. The minimum Gasteiger partial charge on any atom is -0.368 e. The van der Waals surface area contributed by atoms with Gasteiger partial charge in [0.15, 0.2) is 0 Å². The number of nitrogens with one attached hydrogen (secondary N) is 1. The van der Waals surface area contributed by atoms with Crippen molar-refractivity contribution in [3.8, 4) is 0 Å². The van der Waals surface area contributed by atoms with Gasteiger partial charge in [0.05, 0.1) is 0 Å². The summed E-state index contributed by atoms with van der Waals surface area (Å²) in [4.78, 5) is 14.7. The lowest BCUT2D eigenvalue weighted by atomic mass is 9.86. The second-order valence-corrected chi connectivity index (χ2v) is 6.19. The summed E-state index contributed by atoms with van der Waals surface area (Å²) in [5.74, 6) is -0.318. The first-order valence-corrected chi connectivity index (χ1v) is 7.81. The van der Waals surface area contributed by atoms with Gasteiger partial charge in [-0.25, -0.2) is 0 Å². The first-order chi connectivity index (χ1) is 10.0. The molecule has 1 aromatic carbocycles. The Labute approximate surface area is 127 Å². The topological polar surface area (TPSA) is 58.4 Å². The number of benzene rings is 1. The van der Waals surface area contributed by atoms with Gasteiger partial charge >= 0.3 is 0 Å². The molecular weight excluding hydrogens is 262 g/mol. The molecule has 1 saturated heterocycles. The molecule has 3 N–H and O–H groups in total. The van der Waals surface area contributed by atoms with Gasteiger partial charge in [-0.3, -0.25) is 9.69 Å². The molecule has 1 heterocycles. The summed E-state index contributed by atoms with van der Waals surface area (Å²) in [6, 6.07) is 10.8. The maximum Gasteiger partial charge on any atom is 0.243 e. The van der Waals surface area contributed by atoms with E-state index in [1.807, 2.05) is 37.4 Å². The number of likely N-dealkylation sites (tertiary alicyclic amines) is 1. The van der Waals surface area contributed by atoms with Crippen LogP contribution in [0.5, 0.6) is 0 Å². The monoisotopic (exact) mass is 289 g/mol. The van der Waals surface area contributed by atoms with Gasteiger partial charge in [-0.1, -0.05) is 36.8 Å². The highest BCUT2D eigenvalue weighted by atomic mass is 16.1. The molecule has 21 heavy (non-hydrogen) atoms. The number of hydrogen-bond donors (Lipinski definition) is 2. The third kappa shape index (κ3) is 3.11. The van der Waals surface area contributed by atoms with Gasteiger partial charge in [0.2, 0.25) is 5.91 Å². The van der Waals surface area contributed by atoms with E-state index in [0.717, 1.165) is 5.56 Å². The molecule has 4 heteroatoms. The van der Waals surface area contributed by atoms with Gasteiger partial charge in [0, 0.05) is 18.6 Å². The lowest BCUT2D eigenvalue weighted by Gasteiger charge is -2.44. The second kappa shape index (κ2) is 6.58. The second-order valence-electron chi connectivity index (χ2n) is 6.19. The van der Waals surface area contributed by atoms with Crippen LogP contribution in [0.1, 0.15) is 38.7 Å². The van der Waals surface area contributed by atoms with E-state index in [1.165, 1.54) is 19.3 Å². The number of nitrogens with zero attached hydrogens (tertiary/aromatic N) is 1. The summed E-state index contributed by atoms with van der Waals surface area (Å²) >= 11 is 0. The summed E-state index contributed by atoms with van der Waals surface area (Å²) in [6.07, 6.45) is 3.61. The van der Waals surface area contributed by atoms with Crippen molar-refractivity contribution in [2.24, 2.45) is 5.73 Å². The average Bonchev–Trinajstić information content (AvgIpc) is 2.48. The molecule has 4 nitrogen and oxygen atoms in total. The van der Waals surface area contributed by atoms with Crippen LogP contribution in [0, 0.1) is 0 Å². The zero-order chi connectivity index (χ0) is 15.5. The van der Waals surface area contributed by atoms with Crippen LogP contribution in [-0.4, -0.2) is 36.5 Å². The molecule has 1 aliphatic rings. The third-order valence-electron chi connectivity index (χ3n) is 4.91. The molecule has 0 saturated carbocycles. The zero-order valence-electron chi connectivity index (χ0n) is 13.3. The summed E-state index contributed by atoms with van der Waals surface area (Å²) in [5.41, 5.74) is 5.90. The number of hydrogen-bond acceptors (Lipinski definition) is 3. The van der Waals surface area contributed by atoms with Crippen LogP contribution < -0.4 is 11.1 Å². The molecule has 1 aliphatic heterocycles. The van der Waals surface area contributed by atoms with Crippen LogP contribution in [0.3, 0.4) is 0 Å². The highest BCUT2D eigenvalue weighted by molar-refractivity contribution is 5.86. The first-order valence-electron chi connectivity index (χ1n) is 7.81. The normalized spacial score (nSPS) is 26.2. The number of carbonyl (C=O) groups is 1. The highest BCUT2D eigenvalue weighted by Crippen LogP contribution is 2.29. The Morgan fingerprint density at radius 2 is 1.86 bits per heavy atom. The fourth-order valence-electron chi connectivity index (χ4n) is 3.44. The fourth-order valence-corrected chi connectivity index (χ4v) is 3.44. The van der Waals surface area contributed by atoms with Gasteiger partial charge in [-0.05, 0) is 39.3 Å². The third-order valence-corrected chi connectivity index (χ3v) is 4.91. The molecule has 1 fully saturated rings. The number of rotatable bonds is 5. The van der Waals surface area contributed by atoms with E-state index in [-0.39, 0.29) is 5.91 Å². The van der Waals surface area contributed by atoms with Gasteiger partial charge in [-0.2, -0.15) is 0 Å². The number of piperidine rings is 1. The molecule has 1 unspecified atom stereocenters. The van der Waals surface area contributed by atoms with E-state index >= 15 is 0 Å². The van der Waals surface area contributed by atoms with E-state index < -0.39 is 5.54 Å². The summed E-state index contributed by atoms with van der Waals surface area (Å²) in [7, 11) is 1.82. The Balaban J connectivity index is 2.35. The van der Waals surface area contributed by atoms with Crippen molar-refractivity contribution >= 4 is 5.91 Å². The largest absolute Gasteiger partial charge is 0.368 e. The smallest absolute Gasteiger partial charge is 0.243 e. The molecule has 0 bridgehead atoms. The Morgan fingerprint density at radius 3 is 2.33 bits per heavy atom. The number of amides is 1. The predicted octanol–water partition coefficient (Wildman–Crippen LogP) is 1.85. The Morgan fingerprint density at radius 1 is 1.29 bits per heavy atom. The van der Waals surface area contributed by atoms with Crippen LogP contribution in [0.25, 0.3) is 0 Å². The number of carbonyl (C=O) groups excluding carboxylic acids is 1. The van der Waals surface area contributed by atoms with Crippen molar-refractivity contribution in [2.45, 2.75) is 50.7 Å². The SMILES string of the molecule is CNC(CN1[C@H](C)CCC[C@@H]1C)(C(N)=O)c1ccccc1. The summed E-state index contributed by atoms with van der Waals surface area (Å²) in [6.45, 7) is 5.09. The van der Waals surface area contributed by atoms with Gasteiger partial charge < -0.3 is 11.1 Å². The van der Waals surface area contributed by atoms with Crippen LogP contribution >= 0.6 is 0 Å². The molecule has 0 aliphatic carbocycles.